The van der Waals surface area contributed by atoms with Crippen LogP contribution in [0, 0.1) is 5.82 Å². The summed E-state index contributed by atoms with van der Waals surface area (Å²) in [5.41, 5.74) is 1.13. The number of thiol groups is 1. The van der Waals surface area contributed by atoms with Crippen LogP contribution in [0.3, 0.4) is 0 Å². The number of rotatable bonds is 2. The van der Waals surface area contributed by atoms with E-state index in [9.17, 15) is 4.39 Å². The Hall–Kier alpha value is -0.500. The van der Waals surface area contributed by atoms with Crippen LogP contribution in [-0.2, 0) is 6.42 Å². The molecule has 0 saturated carbocycles. The van der Waals surface area contributed by atoms with E-state index in [0.717, 1.165) is 12.0 Å². The molecule has 1 aromatic carbocycles. The molecule has 0 spiro atoms. The van der Waals surface area contributed by atoms with Gasteiger partial charge in [-0.1, -0.05) is 19.1 Å². The first-order valence-corrected chi connectivity index (χ1v) is 4.12. The molecule has 11 heavy (non-hydrogen) atoms. The first-order valence-electron chi connectivity index (χ1n) is 3.61. The molecule has 0 nitrogen and oxygen atoms in total. The zero-order valence-electron chi connectivity index (χ0n) is 6.42. The fourth-order valence-electron chi connectivity index (χ4n) is 0.962. The van der Waals surface area contributed by atoms with Crippen molar-refractivity contribution in [3.05, 3.63) is 35.6 Å². The molecule has 0 unspecified atom stereocenters. The molecule has 1 aromatic rings. The first kappa shape index (κ1) is 8.60. The van der Waals surface area contributed by atoms with Crippen LogP contribution in [0.15, 0.2) is 24.3 Å². The predicted molar refractivity (Wildman–Crippen MR) is 48.6 cm³/mol. The van der Waals surface area contributed by atoms with Gasteiger partial charge in [0.1, 0.15) is 5.82 Å². The highest BCUT2D eigenvalue weighted by atomic mass is 32.1. The fourth-order valence-corrected chi connectivity index (χ4v) is 1.17. The zero-order chi connectivity index (χ0) is 8.27. The van der Waals surface area contributed by atoms with Crippen molar-refractivity contribution in [3.63, 3.8) is 0 Å². The van der Waals surface area contributed by atoms with E-state index >= 15 is 0 Å². The molecular weight excluding hydrogens is 159 g/mol. The summed E-state index contributed by atoms with van der Waals surface area (Å²) in [5, 5.41) is 0.334. The summed E-state index contributed by atoms with van der Waals surface area (Å²) < 4.78 is 12.4. The molecule has 0 aliphatic rings. The van der Waals surface area contributed by atoms with E-state index in [1.807, 2.05) is 6.92 Å². The Balaban J connectivity index is 2.66. The van der Waals surface area contributed by atoms with Crippen molar-refractivity contribution >= 4 is 12.6 Å². The van der Waals surface area contributed by atoms with Crippen LogP contribution in [0.5, 0.6) is 0 Å². The van der Waals surface area contributed by atoms with Gasteiger partial charge in [0.2, 0.25) is 0 Å². The molecule has 1 rings (SSSR count). The topological polar surface area (TPSA) is 0 Å². The molecule has 0 amide bonds. The fraction of sp³-hybridized carbons (Fsp3) is 0.333. The van der Waals surface area contributed by atoms with Crippen molar-refractivity contribution in [2.24, 2.45) is 0 Å². The molecule has 0 aliphatic carbocycles. The van der Waals surface area contributed by atoms with Gasteiger partial charge in [0.15, 0.2) is 0 Å². The smallest absolute Gasteiger partial charge is 0.123 e. The van der Waals surface area contributed by atoms with Gasteiger partial charge in [-0.2, -0.15) is 12.6 Å². The lowest BCUT2D eigenvalue weighted by Gasteiger charge is -2.02. The molecule has 2 heteroatoms. The van der Waals surface area contributed by atoms with Gasteiger partial charge < -0.3 is 0 Å². The molecule has 60 valence electrons. The van der Waals surface area contributed by atoms with Gasteiger partial charge in [-0.05, 0) is 24.1 Å². The van der Waals surface area contributed by atoms with Crippen molar-refractivity contribution < 1.29 is 4.39 Å². The summed E-state index contributed by atoms with van der Waals surface area (Å²) in [7, 11) is 0. The quantitative estimate of drug-likeness (QED) is 0.648. The Bertz CT molecular complexity index is 216. The molecule has 0 heterocycles. The van der Waals surface area contributed by atoms with Gasteiger partial charge in [-0.25, -0.2) is 4.39 Å². The third-order valence-corrected chi connectivity index (χ3v) is 1.63. The Morgan fingerprint density at radius 3 is 2.36 bits per heavy atom. The summed E-state index contributed by atoms with van der Waals surface area (Å²) in [4.78, 5) is 0. The Labute approximate surface area is 71.8 Å². The molecule has 0 N–H and O–H groups in total. The lowest BCUT2D eigenvalue weighted by atomic mass is 10.1. The van der Waals surface area contributed by atoms with Gasteiger partial charge in [-0.15, -0.1) is 0 Å². The van der Waals surface area contributed by atoms with Crippen molar-refractivity contribution in [2.45, 2.75) is 18.6 Å². The van der Waals surface area contributed by atoms with Crippen molar-refractivity contribution in [3.8, 4) is 0 Å². The number of hydrogen-bond donors (Lipinski definition) is 1. The zero-order valence-corrected chi connectivity index (χ0v) is 7.31. The van der Waals surface area contributed by atoms with Crippen LogP contribution >= 0.6 is 12.6 Å². The van der Waals surface area contributed by atoms with E-state index in [-0.39, 0.29) is 5.82 Å². The predicted octanol–water partition coefficient (Wildman–Crippen LogP) is 2.69. The van der Waals surface area contributed by atoms with Crippen LogP contribution in [0.1, 0.15) is 12.5 Å². The summed E-state index contributed by atoms with van der Waals surface area (Å²) in [6, 6.07) is 6.54. The third kappa shape index (κ3) is 2.93. The van der Waals surface area contributed by atoms with Crippen LogP contribution < -0.4 is 0 Å². The minimum Gasteiger partial charge on any atom is -0.207 e. The number of hydrogen-bond acceptors (Lipinski definition) is 1. The molecule has 1 atom stereocenters. The molecule has 0 aliphatic heterocycles. The van der Waals surface area contributed by atoms with Crippen molar-refractivity contribution in [1.82, 2.24) is 0 Å². The largest absolute Gasteiger partial charge is 0.207 e. The normalized spacial score (nSPS) is 13.0. The Kier molecular flexibility index (Phi) is 2.94. The van der Waals surface area contributed by atoms with Gasteiger partial charge in [-0.3, -0.25) is 0 Å². The summed E-state index contributed by atoms with van der Waals surface area (Å²) in [6.45, 7) is 2.02. The average Bonchev–Trinajstić information content (AvgIpc) is 1.93. The van der Waals surface area contributed by atoms with E-state index in [4.69, 9.17) is 0 Å². The molecule has 0 bridgehead atoms. The number of halogens is 1. The highest BCUT2D eigenvalue weighted by Gasteiger charge is 1.97. The number of benzene rings is 1. The maximum Gasteiger partial charge on any atom is 0.123 e. The van der Waals surface area contributed by atoms with Crippen LogP contribution in [0.2, 0.25) is 0 Å². The van der Waals surface area contributed by atoms with E-state index in [1.165, 1.54) is 12.1 Å². The maximum atomic E-state index is 12.4. The summed E-state index contributed by atoms with van der Waals surface area (Å²) >= 11 is 4.24. The monoisotopic (exact) mass is 170 g/mol. The lowest BCUT2D eigenvalue weighted by molar-refractivity contribution is 0.627. The minimum atomic E-state index is -0.180. The van der Waals surface area contributed by atoms with Gasteiger partial charge in [0, 0.05) is 5.25 Å². The molecular formula is C9H11FS. The highest BCUT2D eigenvalue weighted by Crippen LogP contribution is 2.07. The first-order chi connectivity index (χ1) is 5.18. The maximum absolute atomic E-state index is 12.4. The van der Waals surface area contributed by atoms with Crippen LogP contribution in [0.4, 0.5) is 4.39 Å². The molecule has 0 aromatic heterocycles. The second-order valence-electron chi connectivity index (χ2n) is 2.68. The molecule has 0 fully saturated rings. The van der Waals surface area contributed by atoms with E-state index in [0.29, 0.717) is 5.25 Å². The van der Waals surface area contributed by atoms with Crippen molar-refractivity contribution in [1.29, 1.82) is 0 Å². The second kappa shape index (κ2) is 3.77. The Morgan fingerprint density at radius 1 is 1.36 bits per heavy atom. The lowest BCUT2D eigenvalue weighted by Crippen LogP contribution is -1.96. The average molecular weight is 170 g/mol. The van der Waals surface area contributed by atoms with Gasteiger partial charge in [0.05, 0.1) is 0 Å². The van der Waals surface area contributed by atoms with E-state index in [1.54, 1.807) is 12.1 Å². The summed E-state index contributed by atoms with van der Waals surface area (Å²) in [6.07, 6.45) is 0.892. The Morgan fingerprint density at radius 2 is 1.91 bits per heavy atom. The van der Waals surface area contributed by atoms with E-state index in [2.05, 4.69) is 12.6 Å². The van der Waals surface area contributed by atoms with Gasteiger partial charge in [0.25, 0.3) is 0 Å². The van der Waals surface area contributed by atoms with Crippen molar-refractivity contribution in [2.75, 3.05) is 0 Å². The molecule has 0 saturated heterocycles. The van der Waals surface area contributed by atoms with E-state index < -0.39 is 0 Å². The third-order valence-electron chi connectivity index (χ3n) is 1.44. The van der Waals surface area contributed by atoms with Crippen LogP contribution in [0.25, 0.3) is 0 Å². The highest BCUT2D eigenvalue weighted by molar-refractivity contribution is 7.80. The SMILES string of the molecule is C[C@H](S)Cc1ccc(F)cc1. The van der Waals surface area contributed by atoms with Gasteiger partial charge >= 0.3 is 0 Å². The summed E-state index contributed by atoms with van der Waals surface area (Å²) in [5.74, 6) is -0.180. The van der Waals surface area contributed by atoms with Crippen LogP contribution in [-0.4, -0.2) is 5.25 Å². The molecule has 0 radical (unpaired) electrons. The second-order valence-corrected chi connectivity index (χ2v) is 3.56. The minimum absolute atomic E-state index is 0.180. The standard InChI is InChI=1S/C9H11FS/c1-7(11)6-8-2-4-9(10)5-3-8/h2-5,7,11H,6H2,1H3/t7-/m0/s1.